The summed E-state index contributed by atoms with van der Waals surface area (Å²) in [5.74, 6) is 7.04. The molecule has 4 nitrogen and oxygen atoms in total. The average Bonchev–Trinajstić information content (AvgIpc) is 3.02. The molecule has 0 bridgehead atoms. The Kier molecular flexibility index (Phi) is 4.69. The highest BCUT2D eigenvalue weighted by atomic mass is 16.5. The van der Waals surface area contributed by atoms with Gasteiger partial charge >= 0.3 is 0 Å². The molecule has 4 heteroatoms. The first kappa shape index (κ1) is 14.6. The Morgan fingerprint density at radius 2 is 1.68 bits per heavy atom. The first-order chi connectivity index (χ1) is 10.8. The van der Waals surface area contributed by atoms with Gasteiger partial charge in [0.25, 0.3) is 0 Å². The van der Waals surface area contributed by atoms with E-state index in [0.29, 0.717) is 5.56 Å². The number of rotatable bonds is 3. The fourth-order valence-corrected chi connectivity index (χ4v) is 2.27. The SMILES string of the molecule is O=[C]c1ccc(C#Cc2coc(CN3CCOCC3)c2)cc1. The quantitative estimate of drug-likeness (QED) is 0.812. The van der Waals surface area contributed by atoms with Crippen LogP contribution in [0.4, 0.5) is 0 Å². The van der Waals surface area contributed by atoms with Gasteiger partial charge in [0.1, 0.15) is 12.0 Å². The van der Waals surface area contributed by atoms with Crippen LogP contribution in [-0.4, -0.2) is 37.5 Å². The molecule has 0 amide bonds. The third-order valence-electron chi connectivity index (χ3n) is 3.49. The monoisotopic (exact) mass is 294 g/mol. The molecule has 1 aromatic heterocycles. The molecule has 1 saturated heterocycles. The molecule has 0 atom stereocenters. The fraction of sp³-hybridized carbons (Fsp3) is 0.278. The van der Waals surface area contributed by atoms with Crippen molar-refractivity contribution in [3.63, 3.8) is 0 Å². The molecule has 0 spiro atoms. The summed E-state index contributed by atoms with van der Waals surface area (Å²) < 4.78 is 10.9. The van der Waals surface area contributed by atoms with E-state index in [-0.39, 0.29) is 0 Å². The Morgan fingerprint density at radius 1 is 1.00 bits per heavy atom. The van der Waals surface area contributed by atoms with E-state index in [0.717, 1.165) is 49.7 Å². The van der Waals surface area contributed by atoms with Crippen LogP contribution in [-0.2, 0) is 16.1 Å². The van der Waals surface area contributed by atoms with Gasteiger partial charge in [-0.25, -0.2) is 0 Å². The molecule has 2 heterocycles. The molecule has 1 aliphatic heterocycles. The Labute approximate surface area is 129 Å². The van der Waals surface area contributed by atoms with Crippen molar-refractivity contribution in [3.8, 4) is 11.8 Å². The van der Waals surface area contributed by atoms with Crippen molar-refractivity contribution < 1.29 is 13.9 Å². The fourth-order valence-electron chi connectivity index (χ4n) is 2.27. The lowest BCUT2D eigenvalue weighted by atomic mass is 10.1. The minimum atomic E-state index is 0.529. The van der Waals surface area contributed by atoms with Crippen molar-refractivity contribution in [3.05, 3.63) is 59.0 Å². The van der Waals surface area contributed by atoms with Gasteiger partial charge in [0.05, 0.1) is 25.3 Å². The number of nitrogens with zero attached hydrogens (tertiary/aromatic N) is 1. The van der Waals surface area contributed by atoms with E-state index >= 15 is 0 Å². The van der Waals surface area contributed by atoms with E-state index in [1.807, 2.05) is 24.5 Å². The second-order valence-electron chi connectivity index (χ2n) is 5.12. The van der Waals surface area contributed by atoms with Crippen molar-refractivity contribution in [1.29, 1.82) is 0 Å². The summed E-state index contributed by atoms with van der Waals surface area (Å²) in [6.07, 6.45) is 3.52. The Hall–Kier alpha value is -2.35. The lowest BCUT2D eigenvalue weighted by Gasteiger charge is -2.25. The van der Waals surface area contributed by atoms with E-state index in [2.05, 4.69) is 16.7 Å². The number of hydrogen-bond donors (Lipinski definition) is 0. The van der Waals surface area contributed by atoms with E-state index in [1.165, 1.54) is 0 Å². The van der Waals surface area contributed by atoms with Gasteiger partial charge in [-0.1, -0.05) is 11.8 Å². The summed E-state index contributed by atoms with van der Waals surface area (Å²) in [5.41, 5.74) is 2.24. The third-order valence-corrected chi connectivity index (χ3v) is 3.49. The van der Waals surface area contributed by atoms with Crippen molar-refractivity contribution in [2.75, 3.05) is 26.3 Å². The molecule has 111 valence electrons. The van der Waals surface area contributed by atoms with Crippen molar-refractivity contribution >= 4 is 6.29 Å². The largest absolute Gasteiger partial charge is 0.467 e. The summed E-state index contributed by atoms with van der Waals surface area (Å²) in [5, 5.41) is 0. The molecule has 22 heavy (non-hydrogen) atoms. The van der Waals surface area contributed by atoms with E-state index in [9.17, 15) is 4.79 Å². The summed E-state index contributed by atoms with van der Waals surface area (Å²) in [4.78, 5) is 12.8. The third kappa shape index (κ3) is 3.85. The molecular weight excluding hydrogens is 278 g/mol. The molecule has 2 aromatic rings. The van der Waals surface area contributed by atoms with E-state index in [4.69, 9.17) is 9.15 Å². The summed E-state index contributed by atoms with van der Waals surface area (Å²) in [6.45, 7) is 4.21. The first-order valence-electron chi connectivity index (χ1n) is 7.21. The van der Waals surface area contributed by atoms with Gasteiger partial charge in [-0.2, -0.15) is 0 Å². The molecule has 1 fully saturated rings. The Balaban J connectivity index is 1.63. The zero-order chi connectivity index (χ0) is 15.2. The van der Waals surface area contributed by atoms with Crippen LogP contribution in [0.1, 0.15) is 22.5 Å². The zero-order valence-electron chi connectivity index (χ0n) is 12.2. The molecular formula is C18H16NO3. The highest BCUT2D eigenvalue weighted by Crippen LogP contribution is 2.11. The van der Waals surface area contributed by atoms with Gasteiger partial charge < -0.3 is 9.15 Å². The minimum Gasteiger partial charge on any atom is -0.467 e. The molecule has 1 radical (unpaired) electrons. The van der Waals surface area contributed by atoms with E-state index < -0.39 is 0 Å². The topological polar surface area (TPSA) is 42.7 Å². The Morgan fingerprint density at radius 3 is 2.41 bits per heavy atom. The van der Waals surface area contributed by atoms with Crippen LogP contribution >= 0.6 is 0 Å². The number of hydrogen-bond acceptors (Lipinski definition) is 4. The highest BCUT2D eigenvalue weighted by Gasteiger charge is 2.12. The van der Waals surface area contributed by atoms with Crippen molar-refractivity contribution in [1.82, 2.24) is 4.90 Å². The van der Waals surface area contributed by atoms with Crippen LogP contribution in [0.5, 0.6) is 0 Å². The average molecular weight is 294 g/mol. The normalized spacial score (nSPS) is 15.1. The predicted molar refractivity (Wildman–Crippen MR) is 82.0 cm³/mol. The summed E-state index contributed by atoms with van der Waals surface area (Å²) in [7, 11) is 0. The highest BCUT2D eigenvalue weighted by molar-refractivity contribution is 5.75. The van der Waals surface area contributed by atoms with Crippen LogP contribution in [0.3, 0.4) is 0 Å². The number of furan rings is 1. The second kappa shape index (κ2) is 7.08. The second-order valence-corrected chi connectivity index (χ2v) is 5.12. The molecule has 0 saturated carbocycles. The number of benzene rings is 1. The maximum atomic E-state index is 10.5. The van der Waals surface area contributed by atoms with Crippen LogP contribution < -0.4 is 0 Å². The maximum Gasteiger partial charge on any atom is 0.233 e. The molecule has 0 N–H and O–H groups in total. The van der Waals surface area contributed by atoms with Gasteiger partial charge in [-0.3, -0.25) is 9.69 Å². The lowest BCUT2D eigenvalue weighted by Crippen LogP contribution is -2.35. The van der Waals surface area contributed by atoms with Crippen molar-refractivity contribution in [2.45, 2.75) is 6.54 Å². The number of carbonyl (C=O) groups excluding carboxylic acids is 1. The molecule has 1 aliphatic rings. The Bertz CT molecular complexity index is 685. The minimum absolute atomic E-state index is 0.529. The first-order valence-corrected chi connectivity index (χ1v) is 7.21. The standard InChI is InChI=1S/C18H16NO3/c20-13-16-4-1-15(2-5-16)3-6-17-11-18(22-14-17)12-19-7-9-21-10-8-19/h1-2,4-5,11,14H,7-10,12H2. The summed E-state index contributed by atoms with van der Waals surface area (Å²) in [6, 6.07) is 8.99. The van der Waals surface area contributed by atoms with Gasteiger partial charge in [0.15, 0.2) is 0 Å². The predicted octanol–water partition coefficient (Wildman–Crippen LogP) is 1.97. The van der Waals surface area contributed by atoms with Gasteiger partial charge in [0.2, 0.25) is 6.29 Å². The van der Waals surface area contributed by atoms with Crippen LogP contribution in [0.15, 0.2) is 41.0 Å². The zero-order valence-corrected chi connectivity index (χ0v) is 12.2. The van der Waals surface area contributed by atoms with Crippen LogP contribution in [0.25, 0.3) is 0 Å². The molecule has 1 aromatic carbocycles. The molecule has 0 aliphatic carbocycles. The van der Waals surface area contributed by atoms with Crippen LogP contribution in [0.2, 0.25) is 0 Å². The number of ether oxygens (including phenoxy) is 1. The summed E-state index contributed by atoms with van der Waals surface area (Å²) >= 11 is 0. The smallest absolute Gasteiger partial charge is 0.233 e. The molecule has 0 unspecified atom stereocenters. The van der Waals surface area contributed by atoms with Crippen LogP contribution in [0, 0.1) is 11.8 Å². The van der Waals surface area contributed by atoms with Gasteiger partial charge in [-0.15, -0.1) is 0 Å². The van der Waals surface area contributed by atoms with Crippen molar-refractivity contribution in [2.24, 2.45) is 0 Å². The van der Waals surface area contributed by atoms with Gasteiger partial charge in [0, 0.05) is 24.2 Å². The van der Waals surface area contributed by atoms with E-state index in [1.54, 1.807) is 18.4 Å². The maximum absolute atomic E-state index is 10.5. The number of morpholine rings is 1. The lowest BCUT2D eigenvalue weighted by molar-refractivity contribution is 0.0313. The van der Waals surface area contributed by atoms with Gasteiger partial charge in [-0.05, 0) is 30.3 Å². The molecule has 3 rings (SSSR count).